The van der Waals surface area contributed by atoms with Crippen molar-refractivity contribution in [3.05, 3.63) is 77.6 Å². The van der Waals surface area contributed by atoms with Gasteiger partial charge in [0.05, 0.1) is 12.9 Å². The molecule has 1 amide bonds. The Labute approximate surface area is 177 Å². The summed E-state index contributed by atoms with van der Waals surface area (Å²) in [6.45, 7) is 2.88. The van der Waals surface area contributed by atoms with Gasteiger partial charge in [0.1, 0.15) is 17.2 Å². The molecular formula is C22H19N3O4S. The summed E-state index contributed by atoms with van der Waals surface area (Å²) in [4.78, 5) is 21.0. The molecule has 1 N–H and O–H groups in total. The Morgan fingerprint density at radius 1 is 1.17 bits per heavy atom. The van der Waals surface area contributed by atoms with Gasteiger partial charge in [-0.1, -0.05) is 0 Å². The van der Waals surface area contributed by atoms with Crippen molar-refractivity contribution in [2.45, 2.75) is 13.5 Å². The molecule has 0 bridgehead atoms. The van der Waals surface area contributed by atoms with E-state index in [4.69, 9.17) is 13.9 Å². The first-order valence-electron chi connectivity index (χ1n) is 9.34. The lowest BCUT2D eigenvalue weighted by Gasteiger charge is -2.08. The highest BCUT2D eigenvalue weighted by molar-refractivity contribution is 7.13. The van der Waals surface area contributed by atoms with Crippen LogP contribution in [-0.2, 0) is 6.54 Å². The van der Waals surface area contributed by atoms with Crippen LogP contribution in [0.15, 0.2) is 70.8 Å². The van der Waals surface area contributed by atoms with Crippen molar-refractivity contribution in [2.24, 2.45) is 0 Å². The summed E-state index contributed by atoms with van der Waals surface area (Å²) in [6, 6.07) is 14.5. The van der Waals surface area contributed by atoms with Gasteiger partial charge in [-0.2, -0.15) is 0 Å². The van der Waals surface area contributed by atoms with E-state index >= 15 is 0 Å². The highest BCUT2D eigenvalue weighted by Crippen LogP contribution is 2.25. The number of carbonyl (C=O) groups is 1. The van der Waals surface area contributed by atoms with Crippen LogP contribution in [-0.4, -0.2) is 22.5 Å². The Morgan fingerprint density at radius 2 is 2.00 bits per heavy atom. The fourth-order valence-corrected chi connectivity index (χ4v) is 3.44. The van der Waals surface area contributed by atoms with Gasteiger partial charge in [-0.15, -0.1) is 11.3 Å². The van der Waals surface area contributed by atoms with Crippen molar-refractivity contribution in [1.29, 1.82) is 0 Å². The van der Waals surface area contributed by atoms with Crippen LogP contribution < -0.4 is 14.8 Å². The molecule has 4 rings (SSSR count). The van der Waals surface area contributed by atoms with Gasteiger partial charge in [-0.3, -0.25) is 4.79 Å². The Hall–Kier alpha value is -3.65. The van der Waals surface area contributed by atoms with Gasteiger partial charge in [0.25, 0.3) is 5.91 Å². The van der Waals surface area contributed by atoms with Crippen LogP contribution >= 0.6 is 11.3 Å². The standard InChI is InChI=1S/C22H19N3O4S/c1-2-27-16-5-7-17(8-6-16)29-20-12-15(9-10-23-20)13-24-21(26)18-14-30-22(25-18)19-4-3-11-28-19/h3-12,14H,2,13H2,1H3,(H,24,26). The minimum Gasteiger partial charge on any atom is -0.494 e. The van der Waals surface area contributed by atoms with Gasteiger partial charge >= 0.3 is 0 Å². The van der Waals surface area contributed by atoms with E-state index < -0.39 is 0 Å². The second-order valence-electron chi connectivity index (χ2n) is 6.21. The van der Waals surface area contributed by atoms with E-state index in [1.54, 1.807) is 30.0 Å². The maximum Gasteiger partial charge on any atom is 0.271 e. The molecule has 0 aliphatic carbocycles. The molecule has 0 saturated carbocycles. The van der Waals surface area contributed by atoms with Crippen molar-refractivity contribution in [3.8, 4) is 28.1 Å². The predicted molar refractivity (Wildman–Crippen MR) is 113 cm³/mol. The maximum atomic E-state index is 12.4. The zero-order valence-corrected chi connectivity index (χ0v) is 17.0. The minimum absolute atomic E-state index is 0.255. The Bertz CT molecular complexity index is 1110. The lowest BCUT2D eigenvalue weighted by molar-refractivity contribution is 0.0946. The van der Waals surface area contributed by atoms with E-state index in [1.165, 1.54) is 11.3 Å². The molecule has 30 heavy (non-hydrogen) atoms. The van der Waals surface area contributed by atoms with Crippen molar-refractivity contribution in [1.82, 2.24) is 15.3 Å². The lowest BCUT2D eigenvalue weighted by atomic mass is 10.2. The zero-order valence-electron chi connectivity index (χ0n) is 16.2. The van der Waals surface area contributed by atoms with Gasteiger partial charge in [-0.25, -0.2) is 9.97 Å². The molecule has 7 nitrogen and oxygen atoms in total. The molecule has 0 saturated heterocycles. The quantitative estimate of drug-likeness (QED) is 0.435. The van der Waals surface area contributed by atoms with Crippen LogP contribution in [0.25, 0.3) is 10.8 Å². The molecule has 3 aromatic heterocycles. The van der Waals surface area contributed by atoms with E-state index in [0.717, 1.165) is 11.3 Å². The molecule has 0 radical (unpaired) electrons. The number of nitrogens with one attached hydrogen (secondary N) is 1. The highest BCUT2D eigenvalue weighted by Gasteiger charge is 2.13. The van der Waals surface area contributed by atoms with Crippen LogP contribution in [0, 0.1) is 0 Å². The zero-order chi connectivity index (χ0) is 20.8. The predicted octanol–water partition coefficient (Wildman–Crippen LogP) is 4.92. The third kappa shape index (κ3) is 4.84. The van der Waals surface area contributed by atoms with Gasteiger partial charge < -0.3 is 19.2 Å². The molecule has 0 aliphatic rings. The van der Waals surface area contributed by atoms with Crippen LogP contribution in [0.4, 0.5) is 0 Å². The van der Waals surface area contributed by atoms with Gasteiger partial charge in [-0.05, 0) is 55.0 Å². The van der Waals surface area contributed by atoms with Gasteiger partial charge in [0.2, 0.25) is 5.88 Å². The van der Waals surface area contributed by atoms with E-state index in [0.29, 0.717) is 41.2 Å². The van der Waals surface area contributed by atoms with E-state index in [1.807, 2.05) is 43.3 Å². The number of pyridine rings is 1. The number of hydrogen-bond donors (Lipinski definition) is 1. The van der Waals surface area contributed by atoms with Crippen molar-refractivity contribution < 1.29 is 18.7 Å². The average molecular weight is 421 g/mol. The number of thiazole rings is 1. The molecule has 0 atom stereocenters. The van der Waals surface area contributed by atoms with Crippen LogP contribution in [0.2, 0.25) is 0 Å². The number of carbonyl (C=O) groups excluding carboxylic acids is 1. The summed E-state index contributed by atoms with van der Waals surface area (Å²) in [5.41, 5.74) is 1.21. The summed E-state index contributed by atoms with van der Waals surface area (Å²) >= 11 is 1.36. The van der Waals surface area contributed by atoms with Crippen molar-refractivity contribution in [2.75, 3.05) is 6.61 Å². The van der Waals surface area contributed by atoms with Gasteiger partial charge in [0.15, 0.2) is 10.8 Å². The SMILES string of the molecule is CCOc1ccc(Oc2cc(CNC(=O)c3csc(-c4ccco4)n3)ccn2)cc1. The first-order valence-corrected chi connectivity index (χ1v) is 10.2. The summed E-state index contributed by atoms with van der Waals surface area (Å²) in [5.74, 6) is 2.27. The first-order chi connectivity index (χ1) is 14.7. The number of benzene rings is 1. The normalized spacial score (nSPS) is 10.6. The Kier molecular flexibility index (Phi) is 6.05. The number of rotatable bonds is 8. The topological polar surface area (TPSA) is 86.5 Å². The molecule has 0 aliphatic heterocycles. The van der Waals surface area contributed by atoms with Crippen LogP contribution in [0.1, 0.15) is 23.0 Å². The molecule has 1 aromatic carbocycles. The largest absolute Gasteiger partial charge is 0.494 e. The second kappa shape index (κ2) is 9.23. The summed E-state index contributed by atoms with van der Waals surface area (Å²) < 4.78 is 16.5. The molecule has 8 heteroatoms. The molecule has 0 spiro atoms. The highest BCUT2D eigenvalue weighted by atomic mass is 32.1. The number of nitrogens with zero attached hydrogens (tertiary/aromatic N) is 2. The Balaban J connectivity index is 1.35. The summed E-state index contributed by atoms with van der Waals surface area (Å²) in [6.07, 6.45) is 3.22. The summed E-state index contributed by atoms with van der Waals surface area (Å²) in [7, 11) is 0. The Morgan fingerprint density at radius 3 is 2.77 bits per heavy atom. The average Bonchev–Trinajstić information content (AvgIpc) is 3.46. The van der Waals surface area contributed by atoms with E-state index in [-0.39, 0.29) is 5.91 Å². The molecule has 0 unspecified atom stereocenters. The molecule has 0 fully saturated rings. The smallest absolute Gasteiger partial charge is 0.271 e. The van der Waals surface area contributed by atoms with E-state index in [2.05, 4.69) is 15.3 Å². The third-order valence-corrected chi connectivity index (χ3v) is 4.94. The third-order valence-electron chi connectivity index (χ3n) is 4.08. The molecular weight excluding hydrogens is 402 g/mol. The summed E-state index contributed by atoms with van der Waals surface area (Å²) in [5, 5.41) is 5.24. The molecule has 152 valence electrons. The monoisotopic (exact) mass is 421 g/mol. The number of aromatic nitrogens is 2. The van der Waals surface area contributed by atoms with Crippen LogP contribution in [0.3, 0.4) is 0 Å². The van der Waals surface area contributed by atoms with Crippen molar-refractivity contribution in [3.63, 3.8) is 0 Å². The number of hydrogen-bond acceptors (Lipinski definition) is 7. The number of amides is 1. The second-order valence-corrected chi connectivity index (χ2v) is 7.06. The van der Waals surface area contributed by atoms with Crippen molar-refractivity contribution >= 4 is 17.2 Å². The fourth-order valence-electron chi connectivity index (χ4n) is 2.67. The molecule has 4 aromatic rings. The number of ether oxygens (including phenoxy) is 2. The molecule has 3 heterocycles. The van der Waals surface area contributed by atoms with Crippen LogP contribution in [0.5, 0.6) is 17.4 Å². The van der Waals surface area contributed by atoms with Gasteiger partial charge in [0, 0.05) is 24.2 Å². The first kappa shape index (κ1) is 19.7. The maximum absolute atomic E-state index is 12.4. The minimum atomic E-state index is -0.255. The van der Waals surface area contributed by atoms with E-state index in [9.17, 15) is 4.79 Å². The number of furan rings is 1. The lowest BCUT2D eigenvalue weighted by Crippen LogP contribution is -2.23. The fraction of sp³-hybridized carbons (Fsp3) is 0.136.